The van der Waals surface area contributed by atoms with Crippen LogP contribution in [0.25, 0.3) is 0 Å². The second kappa shape index (κ2) is 8.52. The molecule has 4 rings (SSSR count). The molecule has 2 aliphatic heterocycles. The van der Waals surface area contributed by atoms with Crippen LogP contribution in [0, 0.1) is 0 Å². The third kappa shape index (κ3) is 4.41. The number of amides is 1. The van der Waals surface area contributed by atoms with Crippen molar-refractivity contribution in [3.63, 3.8) is 0 Å². The van der Waals surface area contributed by atoms with Crippen molar-refractivity contribution < 1.29 is 4.79 Å². The molecule has 3 heterocycles. The van der Waals surface area contributed by atoms with Crippen molar-refractivity contribution >= 4 is 11.7 Å². The Labute approximate surface area is 161 Å². The van der Waals surface area contributed by atoms with Gasteiger partial charge in [0.05, 0.1) is 18.3 Å². The highest BCUT2D eigenvalue weighted by molar-refractivity contribution is 5.78. The molecule has 1 amide bonds. The van der Waals surface area contributed by atoms with E-state index in [0.717, 1.165) is 68.2 Å². The summed E-state index contributed by atoms with van der Waals surface area (Å²) < 4.78 is 0. The van der Waals surface area contributed by atoms with Crippen molar-refractivity contribution in [1.29, 1.82) is 0 Å². The molecule has 1 aromatic heterocycles. The van der Waals surface area contributed by atoms with Gasteiger partial charge in [-0.2, -0.15) is 0 Å². The molecule has 3 N–H and O–H groups in total. The first-order valence-electron chi connectivity index (χ1n) is 10.6. The van der Waals surface area contributed by atoms with Gasteiger partial charge >= 0.3 is 0 Å². The zero-order chi connectivity index (χ0) is 18.6. The van der Waals surface area contributed by atoms with E-state index in [4.69, 9.17) is 9.97 Å². The molecule has 0 spiro atoms. The molecule has 7 nitrogen and oxygen atoms in total. The standard InChI is InChI=1S/C20H32N6O/c1-21-19-15-12-26(13-18(27)23-14-6-3-2-4-7-14)11-9-16(15)24-20(25-19)17-8-5-10-22-17/h14,17,22H,2-13H2,1H3,(H,23,27)(H,21,24,25). The fourth-order valence-corrected chi connectivity index (χ4v) is 4.61. The van der Waals surface area contributed by atoms with Crippen molar-refractivity contribution in [2.45, 2.75) is 70.0 Å². The minimum atomic E-state index is 0.157. The number of nitrogens with zero attached hydrogens (tertiary/aromatic N) is 3. The molecule has 7 heteroatoms. The van der Waals surface area contributed by atoms with Gasteiger partial charge in [-0.1, -0.05) is 19.3 Å². The molecular formula is C20H32N6O. The fourth-order valence-electron chi connectivity index (χ4n) is 4.61. The summed E-state index contributed by atoms with van der Waals surface area (Å²) in [6.45, 7) is 3.12. The normalized spacial score (nSPS) is 23.8. The fraction of sp³-hybridized carbons (Fsp3) is 0.750. The zero-order valence-corrected chi connectivity index (χ0v) is 16.4. The predicted molar refractivity (Wildman–Crippen MR) is 106 cm³/mol. The summed E-state index contributed by atoms with van der Waals surface area (Å²) >= 11 is 0. The Morgan fingerprint density at radius 3 is 2.78 bits per heavy atom. The van der Waals surface area contributed by atoms with Crippen molar-refractivity contribution in [2.24, 2.45) is 0 Å². The SMILES string of the molecule is CNc1nc(C2CCCN2)nc2c1CN(CC(=O)NC1CCCCC1)CC2. The summed E-state index contributed by atoms with van der Waals surface area (Å²) in [7, 11) is 1.92. The molecule has 1 unspecified atom stereocenters. The predicted octanol–water partition coefficient (Wildman–Crippen LogP) is 1.75. The average Bonchev–Trinajstić information content (AvgIpc) is 3.22. The minimum absolute atomic E-state index is 0.157. The summed E-state index contributed by atoms with van der Waals surface area (Å²) in [6, 6.07) is 0.655. The number of hydrogen-bond acceptors (Lipinski definition) is 6. The summed E-state index contributed by atoms with van der Waals surface area (Å²) in [5.41, 5.74) is 2.29. The van der Waals surface area contributed by atoms with Crippen LogP contribution in [0.5, 0.6) is 0 Å². The first kappa shape index (κ1) is 18.6. The van der Waals surface area contributed by atoms with Gasteiger partial charge in [-0.05, 0) is 32.2 Å². The summed E-state index contributed by atoms with van der Waals surface area (Å²) in [5, 5.41) is 9.97. The molecule has 0 aromatic carbocycles. The van der Waals surface area contributed by atoms with Gasteiger partial charge in [-0.15, -0.1) is 0 Å². The maximum absolute atomic E-state index is 12.5. The number of anilines is 1. The molecule has 1 saturated carbocycles. The Bertz CT molecular complexity index is 649. The van der Waals surface area contributed by atoms with Crippen molar-refractivity contribution in [3.8, 4) is 0 Å². The average molecular weight is 373 g/mol. The van der Waals surface area contributed by atoms with Gasteiger partial charge in [-0.25, -0.2) is 9.97 Å². The van der Waals surface area contributed by atoms with Crippen LogP contribution in [-0.4, -0.2) is 53.5 Å². The molecule has 2 fully saturated rings. The van der Waals surface area contributed by atoms with E-state index >= 15 is 0 Å². The van der Waals surface area contributed by atoms with Gasteiger partial charge in [0.25, 0.3) is 0 Å². The molecule has 0 radical (unpaired) electrons. The molecule has 1 saturated heterocycles. The van der Waals surface area contributed by atoms with E-state index < -0.39 is 0 Å². The lowest BCUT2D eigenvalue weighted by Gasteiger charge is -2.30. The number of nitrogens with one attached hydrogen (secondary N) is 3. The van der Waals surface area contributed by atoms with E-state index in [-0.39, 0.29) is 11.9 Å². The van der Waals surface area contributed by atoms with Crippen LogP contribution in [-0.2, 0) is 17.8 Å². The van der Waals surface area contributed by atoms with Crippen LogP contribution >= 0.6 is 0 Å². The highest BCUT2D eigenvalue weighted by atomic mass is 16.2. The van der Waals surface area contributed by atoms with Crippen LogP contribution in [0.4, 0.5) is 5.82 Å². The lowest BCUT2D eigenvalue weighted by Crippen LogP contribution is -2.44. The Morgan fingerprint density at radius 1 is 1.19 bits per heavy atom. The molecular weight excluding hydrogens is 340 g/mol. The maximum atomic E-state index is 12.5. The van der Waals surface area contributed by atoms with Crippen LogP contribution in [0.15, 0.2) is 0 Å². The topological polar surface area (TPSA) is 82.2 Å². The summed E-state index contributed by atoms with van der Waals surface area (Å²) in [5.74, 6) is 1.99. The zero-order valence-electron chi connectivity index (χ0n) is 16.4. The number of rotatable bonds is 5. The number of hydrogen-bond donors (Lipinski definition) is 3. The van der Waals surface area contributed by atoms with Crippen molar-refractivity contribution in [3.05, 3.63) is 17.1 Å². The molecule has 1 aliphatic carbocycles. The van der Waals surface area contributed by atoms with Crippen LogP contribution < -0.4 is 16.0 Å². The highest BCUT2D eigenvalue weighted by Crippen LogP contribution is 2.28. The molecule has 1 aromatic rings. The minimum Gasteiger partial charge on any atom is -0.373 e. The van der Waals surface area contributed by atoms with E-state index in [1.807, 2.05) is 7.05 Å². The molecule has 0 bridgehead atoms. The first-order chi connectivity index (χ1) is 13.2. The second-order valence-corrected chi connectivity index (χ2v) is 8.12. The third-order valence-electron chi connectivity index (χ3n) is 6.10. The maximum Gasteiger partial charge on any atom is 0.234 e. The largest absolute Gasteiger partial charge is 0.373 e. The highest BCUT2D eigenvalue weighted by Gasteiger charge is 2.27. The number of aromatic nitrogens is 2. The van der Waals surface area contributed by atoms with E-state index in [9.17, 15) is 4.79 Å². The number of carbonyl (C=O) groups excluding carboxylic acids is 1. The van der Waals surface area contributed by atoms with Gasteiger partial charge in [0.2, 0.25) is 5.91 Å². The molecule has 3 aliphatic rings. The van der Waals surface area contributed by atoms with Crippen LogP contribution in [0.1, 0.15) is 68.1 Å². The van der Waals surface area contributed by atoms with Crippen molar-refractivity contribution in [2.75, 3.05) is 32.0 Å². The van der Waals surface area contributed by atoms with E-state index in [0.29, 0.717) is 12.6 Å². The first-order valence-corrected chi connectivity index (χ1v) is 10.6. The molecule has 1 atom stereocenters. The Hall–Kier alpha value is -1.73. The molecule has 148 valence electrons. The second-order valence-electron chi connectivity index (χ2n) is 8.12. The van der Waals surface area contributed by atoms with Gasteiger partial charge in [-0.3, -0.25) is 9.69 Å². The van der Waals surface area contributed by atoms with Crippen LogP contribution in [0.3, 0.4) is 0 Å². The van der Waals surface area contributed by atoms with Gasteiger partial charge in [0.1, 0.15) is 11.6 Å². The van der Waals surface area contributed by atoms with Gasteiger partial charge in [0, 0.05) is 38.2 Å². The summed E-state index contributed by atoms with van der Waals surface area (Å²) in [6.07, 6.45) is 9.21. The van der Waals surface area contributed by atoms with E-state index in [1.54, 1.807) is 0 Å². The van der Waals surface area contributed by atoms with Crippen LogP contribution in [0.2, 0.25) is 0 Å². The summed E-state index contributed by atoms with van der Waals surface area (Å²) in [4.78, 5) is 24.3. The number of carbonyl (C=O) groups is 1. The van der Waals surface area contributed by atoms with Gasteiger partial charge < -0.3 is 16.0 Å². The molecule has 27 heavy (non-hydrogen) atoms. The lowest BCUT2D eigenvalue weighted by atomic mass is 9.95. The third-order valence-corrected chi connectivity index (χ3v) is 6.10. The Balaban J connectivity index is 1.40. The Kier molecular flexibility index (Phi) is 5.88. The monoisotopic (exact) mass is 372 g/mol. The van der Waals surface area contributed by atoms with E-state index in [2.05, 4.69) is 20.9 Å². The lowest BCUT2D eigenvalue weighted by molar-refractivity contribution is -0.123. The van der Waals surface area contributed by atoms with Gasteiger partial charge in [0.15, 0.2) is 0 Å². The number of fused-ring (bicyclic) bond motifs is 1. The van der Waals surface area contributed by atoms with Crippen molar-refractivity contribution in [1.82, 2.24) is 25.5 Å². The van der Waals surface area contributed by atoms with E-state index in [1.165, 1.54) is 25.7 Å². The smallest absolute Gasteiger partial charge is 0.234 e. The quantitative estimate of drug-likeness (QED) is 0.731. The Morgan fingerprint density at radius 2 is 2.04 bits per heavy atom.